The standard InChI is InChI=1S/C20H17ClN2O3S/c1-3-18-14(2)26-22-20(18)19(13-15-7-5-4-6-8-15)23-27(24,25)17-11-9-16(21)10-12-17/h1,4-12,19,23H,13H2,2H3. The second kappa shape index (κ2) is 7.97. The van der Waals surface area contributed by atoms with Crippen molar-refractivity contribution in [3.8, 4) is 12.3 Å². The van der Waals surface area contributed by atoms with Gasteiger partial charge in [0.05, 0.1) is 16.5 Å². The van der Waals surface area contributed by atoms with E-state index in [1.807, 2.05) is 30.3 Å². The molecule has 0 amide bonds. The molecule has 1 unspecified atom stereocenters. The highest BCUT2D eigenvalue weighted by molar-refractivity contribution is 7.89. The van der Waals surface area contributed by atoms with Gasteiger partial charge < -0.3 is 4.52 Å². The molecule has 1 N–H and O–H groups in total. The maximum atomic E-state index is 12.9. The number of sulfonamides is 1. The molecule has 0 bridgehead atoms. The summed E-state index contributed by atoms with van der Waals surface area (Å²) in [7, 11) is -3.82. The first-order valence-electron chi connectivity index (χ1n) is 8.15. The Labute approximate surface area is 163 Å². The zero-order valence-electron chi connectivity index (χ0n) is 14.5. The van der Waals surface area contributed by atoms with E-state index in [2.05, 4.69) is 15.8 Å². The predicted molar refractivity (Wildman–Crippen MR) is 104 cm³/mol. The van der Waals surface area contributed by atoms with Gasteiger partial charge in [-0.1, -0.05) is 53.0 Å². The van der Waals surface area contributed by atoms with Crippen molar-refractivity contribution in [1.29, 1.82) is 0 Å². The third-order valence-corrected chi connectivity index (χ3v) is 5.81. The third kappa shape index (κ3) is 4.40. The molecule has 0 fully saturated rings. The molecule has 0 saturated carbocycles. The summed E-state index contributed by atoms with van der Waals surface area (Å²) in [5.74, 6) is 3.00. The quantitative estimate of drug-likeness (QED) is 0.637. The van der Waals surface area contributed by atoms with Crippen LogP contribution in [0.2, 0.25) is 5.02 Å². The molecule has 0 aliphatic heterocycles. The largest absolute Gasteiger partial charge is 0.360 e. The number of nitrogens with one attached hydrogen (secondary N) is 1. The Morgan fingerprint density at radius 3 is 2.48 bits per heavy atom. The summed E-state index contributed by atoms with van der Waals surface area (Å²) in [6.07, 6.45) is 5.95. The fourth-order valence-electron chi connectivity index (χ4n) is 2.72. The van der Waals surface area contributed by atoms with Gasteiger partial charge in [0.15, 0.2) is 0 Å². The molecule has 1 aromatic heterocycles. The van der Waals surface area contributed by atoms with E-state index in [0.29, 0.717) is 28.5 Å². The van der Waals surface area contributed by atoms with Crippen LogP contribution in [-0.4, -0.2) is 13.6 Å². The fourth-order valence-corrected chi connectivity index (χ4v) is 4.04. The van der Waals surface area contributed by atoms with Crippen LogP contribution in [0, 0.1) is 19.3 Å². The molecule has 3 aromatic rings. The van der Waals surface area contributed by atoms with E-state index in [-0.39, 0.29) is 4.90 Å². The number of aryl methyl sites for hydroxylation is 1. The molecule has 2 aromatic carbocycles. The Morgan fingerprint density at radius 1 is 1.19 bits per heavy atom. The number of rotatable bonds is 6. The predicted octanol–water partition coefficient (Wildman–Crippen LogP) is 3.88. The monoisotopic (exact) mass is 400 g/mol. The van der Waals surface area contributed by atoms with Gasteiger partial charge >= 0.3 is 0 Å². The van der Waals surface area contributed by atoms with Crippen LogP contribution in [0.5, 0.6) is 0 Å². The molecule has 0 saturated heterocycles. The third-order valence-electron chi connectivity index (χ3n) is 4.07. The van der Waals surface area contributed by atoms with Crippen LogP contribution >= 0.6 is 11.6 Å². The Bertz CT molecular complexity index is 1070. The minimum absolute atomic E-state index is 0.104. The van der Waals surface area contributed by atoms with Gasteiger partial charge in [-0.25, -0.2) is 13.1 Å². The number of hydrogen-bond donors (Lipinski definition) is 1. The van der Waals surface area contributed by atoms with E-state index in [1.54, 1.807) is 6.92 Å². The van der Waals surface area contributed by atoms with Gasteiger partial charge in [-0.05, 0) is 43.2 Å². The maximum absolute atomic E-state index is 12.9. The van der Waals surface area contributed by atoms with Crippen LogP contribution in [0.3, 0.4) is 0 Å². The van der Waals surface area contributed by atoms with Crippen LogP contribution in [0.25, 0.3) is 0 Å². The number of aromatic nitrogens is 1. The Morgan fingerprint density at radius 2 is 1.85 bits per heavy atom. The zero-order valence-corrected chi connectivity index (χ0v) is 16.1. The van der Waals surface area contributed by atoms with Crippen molar-refractivity contribution in [2.24, 2.45) is 0 Å². The highest BCUT2D eigenvalue weighted by atomic mass is 35.5. The van der Waals surface area contributed by atoms with Crippen LogP contribution in [-0.2, 0) is 16.4 Å². The maximum Gasteiger partial charge on any atom is 0.241 e. The molecule has 1 heterocycles. The van der Waals surface area contributed by atoms with Crippen molar-refractivity contribution in [3.05, 3.63) is 82.2 Å². The zero-order chi connectivity index (χ0) is 19.4. The van der Waals surface area contributed by atoms with Gasteiger partial charge in [0.2, 0.25) is 10.0 Å². The first-order valence-corrected chi connectivity index (χ1v) is 10.0. The summed E-state index contributed by atoms with van der Waals surface area (Å²) in [5, 5.41) is 4.46. The molecule has 0 radical (unpaired) electrons. The lowest BCUT2D eigenvalue weighted by molar-refractivity contribution is 0.382. The molecular formula is C20H17ClN2O3S. The van der Waals surface area contributed by atoms with E-state index in [4.69, 9.17) is 22.5 Å². The minimum atomic E-state index is -3.82. The fraction of sp³-hybridized carbons (Fsp3) is 0.150. The average molecular weight is 401 g/mol. The molecule has 1 atom stereocenters. The molecule has 0 aliphatic carbocycles. The van der Waals surface area contributed by atoms with Crippen molar-refractivity contribution < 1.29 is 12.9 Å². The number of terminal acetylenes is 1. The second-order valence-electron chi connectivity index (χ2n) is 5.96. The lowest BCUT2D eigenvalue weighted by Gasteiger charge is -2.17. The van der Waals surface area contributed by atoms with Crippen LogP contribution < -0.4 is 4.72 Å². The molecule has 27 heavy (non-hydrogen) atoms. The lowest BCUT2D eigenvalue weighted by Crippen LogP contribution is -2.30. The van der Waals surface area contributed by atoms with Crippen LogP contribution in [0.4, 0.5) is 0 Å². The van der Waals surface area contributed by atoms with Crippen molar-refractivity contribution >= 4 is 21.6 Å². The highest BCUT2D eigenvalue weighted by Crippen LogP contribution is 2.25. The van der Waals surface area contributed by atoms with E-state index in [9.17, 15) is 8.42 Å². The van der Waals surface area contributed by atoms with Gasteiger partial charge in [0.25, 0.3) is 0 Å². The molecule has 0 aliphatic rings. The van der Waals surface area contributed by atoms with Gasteiger partial charge in [0, 0.05) is 5.02 Å². The van der Waals surface area contributed by atoms with Crippen molar-refractivity contribution in [2.45, 2.75) is 24.3 Å². The second-order valence-corrected chi connectivity index (χ2v) is 8.11. The smallest absolute Gasteiger partial charge is 0.241 e. The normalized spacial score (nSPS) is 12.5. The molecule has 5 nitrogen and oxygen atoms in total. The summed E-state index contributed by atoms with van der Waals surface area (Å²) < 4.78 is 33.6. The molecular weight excluding hydrogens is 384 g/mol. The Hall–Kier alpha value is -2.59. The van der Waals surface area contributed by atoms with Crippen molar-refractivity contribution in [2.75, 3.05) is 0 Å². The minimum Gasteiger partial charge on any atom is -0.360 e. The Balaban J connectivity index is 1.99. The first-order chi connectivity index (χ1) is 12.9. The molecule has 3 rings (SSSR count). The summed E-state index contributed by atoms with van der Waals surface area (Å²) in [6, 6.07) is 14.7. The Kier molecular flexibility index (Phi) is 5.66. The van der Waals surface area contributed by atoms with E-state index < -0.39 is 16.1 Å². The number of nitrogens with zero attached hydrogens (tertiary/aromatic N) is 1. The number of benzene rings is 2. The summed E-state index contributed by atoms with van der Waals surface area (Å²) in [5.41, 5.74) is 1.77. The average Bonchev–Trinajstić information content (AvgIpc) is 3.03. The first kappa shape index (κ1) is 19.2. The number of hydrogen-bond acceptors (Lipinski definition) is 4. The van der Waals surface area contributed by atoms with Crippen LogP contribution in [0.1, 0.15) is 28.6 Å². The summed E-state index contributed by atoms with van der Waals surface area (Å²) >= 11 is 5.85. The van der Waals surface area contributed by atoms with E-state index in [0.717, 1.165) is 5.56 Å². The van der Waals surface area contributed by atoms with Crippen LogP contribution in [0.15, 0.2) is 64.0 Å². The van der Waals surface area contributed by atoms with Gasteiger partial charge in [-0.15, -0.1) is 6.42 Å². The number of halogens is 1. The van der Waals surface area contributed by atoms with Crippen molar-refractivity contribution in [1.82, 2.24) is 9.88 Å². The molecule has 0 spiro atoms. The SMILES string of the molecule is C#Cc1c(C(Cc2ccccc2)NS(=O)(=O)c2ccc(Cl)cc2)noc1C. The van der Waals surface area contributed by atoms with E-state index in [1.165, 1.54) is 24.3 Å². The topological polar surface area (TPSA) is 72.2 Å². The van der Waals surface area contributed by atoms with E-state index >= 15 is 0 Å². The highest BCUT2D eigenvalue weighted by Gasteiger charge is 2.27. The summed E-state index contributed by atoms with van der Waals surface area (Å²) in [6.45, 7) is 1.69. The van der Waals surface area contributed by atoms with Gasteiger partial charge in [-0.2, -0.15) is 0 Å². The molecule has 7 heteroatoms. The lowest BCUT2D eigenvalue weighted by atomic mass is 10.0. The van der Waals surface area contributed by atoms with Gasteiger partial charge in [0.1, 0.15) is 11.5 Å². The van der Waals surface area contributed by atoms with Gasteiger partial charge in [-0.3, -0.25) is 0 Å². The molecule has 138 valence electrons. The summed E-state index contributed by atoms with van der Waals surface area (Å²) in [4.78, 5) is 0.104. The van der Waals surface area contributed by atoms with Crippen molar-refractivity contribution in [3.63, 3.8) is 0 Å².